The normalized spacial score (nSPS) is 16.8. The first-order valence-electron chi connectivity index (χ1n) is 6.67. The van der Waals surface area contributed by atoms with Gasteiger partial charge >= 0.3 is 0 Å². The zero-order chi connectivity index (χ0) is 12.6. The molecule has 0 amide bonds. The van der Waals surface area contributed by atoms with E-state index in [-0.39, 0.29) is 0 Å². The van der Waals surface area contributed by atoms with Gasteiger partial charge in [-0.05, 0) is 18.0 Å². The van der Waals surface area contributed by atoms with E-state index in [1.165, 1.54) is 25.7 Å². The van der Waals surface area contributed by atoms with Crippen molar-refractivity contribution in [2.24, 2.45) is 0 Å². The molecule has 1 saturated heterocycles. The Hall–Kier alpha value is -1.14. The van der Waals surface area contributed by atoms with Gasteiger partial charge in [0.05, 0.1) is 13.2 Å². The average molecular weight is 254 g/mol. The summed E-state index contributed by atoms with van der Waals surface area (Å²) in [6.07, 6.45) is 5.05. The van der Waals surface area contributed by atoms with Gasteiger partial charge in [0.2, 0.25) is 5.89 Å². The zero-order valence-corrected chi connectivity index (χ0v) is 11.0. The van der Waals surface area contributed by atoms with Crippen LogP contribution >= 0.6 is 0 Å². The van der Waals surface area contributed by atoms with Crippen molar-refractivity contribution in [3.8, 4) is 0 Å². The van der Waals surface area contributed by atoms with E-state index >= 15 is 0 Å². The van der Waals surface area contributed by atoms with Crippen LogP contribution in [0.4, 0.5) is 5.95 Å². The van der Waals surface area contributed by atoms with E-state index in [1.807, 2.05) is 0 Å². The minimum atomic E-state index is 0.601. The van der Waals surface area contributed by atoms with E-state index in [2.05, 4.69) is 20.4 Å². The third-order valence-electron chi connectivity index (χ3n) is 3.11. The minimum Gasteiger partial charge on any atom is -0.383 e. The summed E-state index contributed by atoms with van der Waals surface area (Å²) in [5, 5.41) is 7.24. The van der Waals surface area contributed by atoms with Gasteiger partial charge in [0, 0.05) is 26.7 Å². The van der Waals surface area contributed by atoms with Gasteiger partial charge in [-0.2, -0.15) is 4.98 Å². The summed E-state index contributed by atoms with van der Waals surface area (Å²) in [4.78, 5) is 6.64. The first-order valence-corrected chi connectivity index (χ1v) is 6.67. The molecule has 102 valence electrons. The lowest BCUT2D eigenvalue weighted by Gasteiger charge is -2.16. The molecular formula is C12H22N4O2. The van der Waals surface area contributed by atoms with E-state index in [4.69, 9.17) is 9.26 Å². The molecule has 0 saturated carbocycles. The van der Waals surface area contributed by atoms with E-state index in [9.17, 15) is 0 Å². The summed E-state index contributed by atoms with van der Waals surface area (Å²) < 4.78 is 10.2. The average Bonchev–Trinajstić information content (AvgIpc) is 2.69. The van der Waals surface area contributed by atoms with Gasteiger partial charge in [-0.15, -0.1) is 0 Å². The van der Waals surface area contributed by atoms with Crippen molar-refractivity contribution in [1.29, 1.82) is 0 Å². The van der Waals surface area contributed by atoms with Gasteiger partial charge in [0.25, 0.3) is 5.95 Å². The molecule has 2 heterocycles. The summed E-state index contributed by atoms with van der Waals surface area (Å²) in [5.74, 6) is 1.38. The largest absolute Gasteiger partial charge is 0.383 e. The second-order valence-electron chi connectivity index (χ2n) is 4.56. The highest BCUT2D eigenvalue weighted by atomic mass is 16.5. The summed E-state index contributed by atoms with van der Waals surface area (Å²) >= 11 is 0. The fraction of sp³-hybridized carbons (Fsp3) is 0.833. The molecule has 0 atom stereocenters. The molecule has 0 aliphatic carbocycles. The standard InChI is InChI=1S/C12H22N4O2/c1-17-9-6-13-10-11-14-12(15-18-11)16-7-4-2-3-5-8-16/h13H,2-10H2,1H3. The lowest BCUT2D eigenvalue weighted by atomic mass is 10.2. The SMILES string of the molecule is COCCNCc1nc(N2CCCCCC2)no1. The quantitative estimate of drug-likeness (QED) is 0.769. The minimum absolute atomic E-state index is 0.601. The first kappa shape index (κ1) is 13.3. The fourth-order valence-corrected chi connectivity index (χ4v) is 2.09. The van der Waals surface area contributed by atoms with Crippen LogP contribution in [0.3, 0.4) is 0 Å². The Bertz CT molecular complexity index is 335. The molecule has 18 heavy (non-hydrogen) atoms. The third-order valence-corrected chi connectivity index (χ3v) is 3.11. The molecule has 0 unspecified atom stereocenters. The topological polar surface area (TPSA) is 63.4 Å². The van der Waals surface area contributed by atoms with E-state index in [0.717, 1.165) is 25.6 Å². The van der Waals surface area contributed by atoms with Crippen molar-refractivity contribution in [2.75, 3.05) is 38.3 Å². The Morgan fingerprint density at radius 3 is 2.78 bits per heavy atom. The Balaban J connectivity index is 1.81. The van der Waals surface area contributed by atoms with Crippen LogP contribution < -0.4 is 10.2 Å². The maximum atomic E-state index is 5.23. The zero-order valence-electron chi connectivity index (χ0n) is 11.0. The summed E-state index contributed by atoms with van der Waals surface area (Å²) in [6.45, 7) is 4.15. The predicted octanol–water partition coefficient (Wildman–Crippen LogP) is 1.19. The Morgan fingerprint density at radius 1 is 1.28 bits per heavy atom. The van der Waals surface area contributed by atoms with Gasteiger partial charge < -0.3 is 19.5 Å². The molecular weight excluding hydrogens is 232 g/mol. The van der Waals surface area contributed by atoms with Crippen LogP contribution in [-0.2, 0) is 11.3 Å². The Labute approximate surface area is 108 Å². The molecule has 6 heteroatoms. The molecule has 0 spiro atoms. The number of hydrogen-bond donors (Lipinski definition) is 1. The lowest BCUT2D eigenvalue weighted by molar-refractivity contribution is 0.197. The van der Waals surface area contributed by atoms with Crippen LogP contribution in [0.15, 0.2) is 4.52 Å². The van der Waals surface area contributed by atoms with Crippen LogP contribution in [0.1, 0.15) is 31.6 Å². The first-order chi connectivity index (χ1) is 8.90. The molecule has 0 aromatic carbocycles. The highest BCUT2D eigenvalue weighted by Crippen LogP contribution is 2.16. The summed E-state index contributed by atoms with van der Waals surface area (Å²) in [5.41, 5.74) is 0. The van der Waals surface area contributed by atoms with Crippen molar-refractivity contribution in [2.45, 2.75) is 32.2 Å². The molecule has 1 aromatic rings. The van der Waals surface area contributed by atoms with Gasteiger partial charge in [-0.3, -0.25) is 0 Å². The Morgan fingerprint density at radius 2 is 2.06 bits per heavy atom. The maximum absolute atomic E-state index is 5.23. The van der Waals surface area contributed by atoms with Crippen LogP contribution in [0.2, 0.25) is 0 Å². The number of methoxy groups -OCH3 is 1. The molecule has 1 fully saturated rings. The number of anilines is 1. The van der Waals surface area contributed by atoms with Crippen molar-refractivity contribution in [3.63, 3.8) is 0 Å². The van der Waals surface area contributed by atoms with E-state index in [1.54, 1.807) is 7.11 Å². The van der Waals surface area contributed by atoms with Crippen molar-refractivity contribution in [1.82, 2.24) is 15.5 Å². The second-order valence-corrected chi connectivity index (χ2v) is 4.56. The Kier molecular flexibility index (Phi) is 5.41. The van der Waals surface area contributed by atoms with E-state index in [0.29, 0.717) is 19.0 Å². The number of rotatable bonds is 6. The maximum Gasteiger partial charge on any atom is 0.266 e. The second kappa shape index (κ2) is 7.33. The van der Waals surface area contributed by atoms with Gasteiger partial charge in [0.15, 0.2) is 0 Å². The van der Waals surface area contributed by atoms with Crippen LogP contribution in [0, 0.1) is 0 Å². The van der Waals surface area contributed by atoms with Crippen molar-refractivity contribution in [3.05, 3.63) is 5.89 Å². The van der Waals surface area contributed by atoms with E-state index < -0.39 is 0 Å². The highest BCUT2D eigenvalue weighted by Gasteiger charge is 2.15. The third kappa shape index (κ3) is 3.96. The molecule has 0 radical (unpaired) electrons. The number of nitrogens with zero attached hydrogens (tertiary/aromatic N) is 3. The number of nitrogens with one attached hydrogen (secondary N) is 1. The number of ether oxygens (including phenoxy) is 1. The number of hydrogen-bond acceptors (Lipinski definition) is 6. The molecule has 1 N–H and O–H groups in total. The predicted molar refractivity (Wildman–Crippen MR) is 68.6 cm³/mol. The summed E-state index contributed by atoms with van der Waals surface area (Å²) in [6, 6.07) is 0. The molecule has 6 nitrogen and oxygen atoms in total. The van der Waals surface area contributed by atoms with Gasteiger partial charge in [-0.25, -0.2) is 0 Å². The molecule has 1 aromatic heterocycles. The van der Waals surface area contributed by atoms with Gasteiger partial charge in [-0.1, -0.05) is 12.8 Å². The fourth-order valence-electron chi connectivity index (χ4n) is 2.09. The van der Waals surface area contributed by atoms with Crippen molar-refractivity contribution < 1.29 is 9.26 Å². The van der Waals surface area contributed by atoms with Crippen LogP contribution in [-0.4, -0.2) is 43.5 Å². The summed E-state index contributed by atoms with van der Waals surface area (Å²) in [7, 11) is 1.69. The molecule has 1 aliphatic rings. The van der Waals surface area contributed by atoms with Gasteiger partial charge in [0.1, 0.15) is 0 Å². The van der Waals surface area contributed by atoms with Crippen molar-refractivity contribution >= 4 is 5.95 Å². The molecule has 0 bridgehead atoms. The molecule has 2 rings (SSSR count). The lowest BCUT2D eigenvalue weighted by Crippen LogP contribution is -2.25. The highest BCUT2D eigenvalue weighted by molar-refractivity contribution is 5.27. The monoisotopic (exact) mass is 254 g/mol. The smallest absolute Gasteiger partial charge is 0.266 e. The van der Waals surface area contributed by atoms with Crippen LogP contribution in [0.25, 0.3) is 0 Å². The molecule has 1 aliphatic heterocycles. The van der Waals surface area contributed by atoms with Crippen LogP contribution in [0.5, 0.6) is 0 Å². The number of aromatic nitrogens is 2.